The Morgan fingerprint density at radius 3 is 1.72 bits per heavy atom. The van der Waals surface area contributed by atoms with Gasteiger partial charge in [0, 0.05) is 110 Å². The Hall–Kier alpha value is -9.05. The number of carbonyl (C=O) groups excluding carboxylic acids is 8. The minimum Gasteiger partial charge on any atom is -0.507 e. The minimum atomic E-state index is -1.30. The van der Waals surface area contributed by atoms with Crippen LogP contribution in [0.15, 0.2) is 84.9 Å². The Balaban J connectivity index is 1.05. The molecule has 95 heavy (non-hydrogen) atoms. The molecular weight excluding hydrogens is 1350 g/mol. The van der Waals surface area contributed by atoms with Crippen molar-refractivity contribution < 1.29 is 73.2 Å². The van der Waals surface area contributed by atoms with Gasteiger partial charge in [-0.15, -0.1) is 0 Å². The molecule has 0 aromatic heterocycles. The van der Waals surface area contributed by atoms with Crippen LogP contribution in [0.1, 0.15) is 66.4 Å². The highest BCUT2D eigenvalue weighted by atomic mass is 127. The summed E-state index contributed by atoms with van der Waals surface area (Å²) in [6.45, 7) is 0.959. The summed E-state index contributed by atoms with van der Waals surface area (Å²) >= 11 is 1.93. The van der Waals surface area contributed by atoms with Crippen LogP contribution in [0.25, 0.3) is 10.8 Å². The van der Waals surface area contributed by atoms with Crippen LogP contribution in [-0.4, -0.2) is 252 Å². The normalized spacial score (nSPS) is 18.8. The summed E-state index contributed by atoms with van der Waals surface area (Å²) in [4.78, 5) is 154. The molecule has 0 spiro atoms. The number of carbonyl (C=O) groups is 11. The molecule has 514 valence electrons. The van der Waals surface area contributed by atoms with Crippen molar-refractivity contribution in [2.75, 3.05) is 117 Å². The molecule has 4 aromatic carbocycles. The largest absolute Gasteiger partial charge is 0.507 e. The summed E-state index contributed by atoms with van der Waals surface area (Å²) in [6, 6.07) is 18.9. The second-order valence-electron chi connectivity index (χ2n) is 23.4. The maximum atomic E-state index is 14.7. The van der Waals surface area contributed by atoms with Crippen LogP contribution < -0.4 is 48.3 Å². The first kappa shape index (κ1) is 75.0. The van der Waals surface area contributed by atoms with Gasteiger partial charge in [0.1, 0.15) is 29.9 Å². The second-order valence-corrected chi connectivity index (χ2v) is 24.6. The van der Waals surface area contributed by atoms with Crippen LogP contribution in [0.4, 0.5) is 5.69 Å². The fourth-order valence-corrected chi connectivity index (χ4v) is 11.5. The number of hydrogen-bond acceptors (Lipinski definition) is 17. The number of phenols is 1. The fraction of sp³-hybridized carbons (Fsp3) is 0.469. The van der Waals surface area contributed by atoms with Gasteiger partial charge in [-0.05, 0) is 119 Å². The summed E-state index contributed by atoms with van der Waals surface area (Å²) in [6.07, 6.45) is 1.18. The van der Waals surface area contributed by atoms with E-state index in [2.05, 4.69) is 42.5 Å². The number of phenolic OH excluding ortho intramolecular Hbond substituents is 1. The number of anilines is 1. The number of guanidine groups is 1. The van der Waals surface area contributed by atoms with Gasteiger partial charge in [0.2, 0.25) is 41.4 Å². The van der Waals surface area contributed by atoms with E-state index in [4.69, 9.17) is 11.1 Å². The molecule has 0 saturated carbocycles. The Kier molecular flexibility index (Phi) is 30.3. The van der Waals surface area contributed by atoms with Crippen molar-refractivity contribution in [3.63, 3.8) is 0 Å². The van der Waals surface area contributed by atoms with Crippen LogP contribution >= 0.6 is 22.6 Å². The van der Waals surface area contributed by atoms with Crippen molar-refractivity contribution in [1.29, 1.82) is 5.41 Å². The van der Waals surface area contributed by atoms with Crippen molar-refractivity contribution in [3.05, 3.63) is 105 Å². The maximum absolute atomic E-state index is 14.7. The SMILES string of the molecule is CN1C(=O)[C@@H](Cc2ccc(O)c(I)c2)NC(=O)CNC(=O)[C@H](Cc2ccc3ccccc3c2)NC(=O)[C@H](CCCNC(=N)N)NC(=O)[C@H]1CCCNC(=O)c1ccc(NC(=O)CCCCNC(=O)CN2CCN(CC(=O)O)CCN(CC(=O)O)CCN(CC(=O)O)CC2)cc1. The van der Waals surface area contributed by atoms with Crippen molar-refractivity contribution in [3.8, 4) is 5.75 Å². The van der Waals surface area contributed by atoms with Gasteiger partial charge >= 0.3 is 17.9 Å². The minimum absolute atomic E-state index is 0.00107. The summed E-state index contributed by atoms with van der Waals surface area (Å²) in [5, 5.41) is 70.3. The number of likely N-dealkylation sites (N-methyl/N-ethyl adjacent to an activating group) is 1. The van der Waals surface area contributed by atoms with Crippen molar-refractivity contribution in [2.45, 2.75) is 82.0 Å². The highest BCUT2D eigenvalue weighted by Gasteiger charge is 2.36. The molecular formula is C64H86IN15O15. The summed E-state index contributed by atoms with van der Waals surface area (Å²) in [5.74, 6) is -8.24. The smallest absolute Gasteiger partial charge is 0.317 e. The number of halogens is 1. The number of benzene rings is 4. The lowest BCUT2D eigenvalue weighted by molar-refractivity contribution is -0.142. The first-order valence-corrected chi connectivity index (χ1v) is 32.4. The topological polar surface area (TPSA) is 431 Å². The lowest BCUT2D eigenvalue weighted by Crippen LogP contribution is -2.58. The van der Waals surface area contributed by atoms with Crippen molar-refractivity contribution in [2.24, 2.45) is 5.73 Å². The standard InChI is InChI=1S/C64H86IN15O15/c1-76-51(11-7-22-69-59(91)44-16-18-46(19-17-44)72-53(82)12-4-5-21-68-55(84)37-77-24-26-78(38-56(85)86)28-30-80(40-58(89)90)31-29-79(27-25-77)39-57(87)88)62(94)74-48(10-6-23-70-64(66)67)61(93)75-49(34-41-13-15-43-8-2-3-9-45(43)32-41)60(92)71-36-54(83)73-50(63(76)95)35-42-14-20-52(81)47(65)33-42/h2-3,8-9,13-20,32-33,48-51,81H,4-7,10-12,21-31,34-40H2,1H3,(H,68,84)(H,69,91)(H,71,92)(H,72,82)(H,73,83)(H,74,94)(H,75,93)(H,85,86)(H,87,88)(H,89,90)(H4,66,67,70)/t48-,49-,50+,51+/m0/s1. The van der Waals surface area contributed by atoms with Crippen LogP contribution in [0, 0.1) is 8.98 Å². The zero-order chi connectivity index (χ0) is 69.0. The monoisotopic (exact) mass is 1430 g/mol. The van der Waals surface area contributed by atoms with Crippen LogP contribution in [-0.2, 0) is 60.8 Å². The molecule has 2 saturated heterocycles. The average molecular weight is 1430 g/mol. The quantitative estimate of drug-likeness (QED) is 0.0155. The molecule has 2 aliphatic heterocycles. The maximum Gasteiger partial charge on any atom is 0.317 e. The Morgan fingerprint density at radius 1 is 0.579 bits per heavy atom. The van der Waals surface area contributed by atoms with E-state index in [0.717, 1.165) is 10.8 Å². The number of nitrogens with two attached hydrogens (primary N) is 1. The first-order valence-electron chi connectivity index (χ1n) is 31.4. The van der Waals surface area contributed by atoms with Crippen molar-refractivity contribution >= 4 is 110 Å². The summed E-state index contributed by atoms with van der Waals surface area (Å²) in [7, 11) is 1.38. The number of carboxylic acids is 3. The van der Waals surface area contributed by atoms with Gasteiger partial charge in [0.15, 0.2) is 5.96 Å². The van der Waals surface area contributed by atoms with Gasteiger partial charge in [0.25, 0.3) is 5.91 Å². The third-order valence-electron chi connectivity index (χ3n) is 16.0. The van der Waals surface area contributed by atoms with Crippen LogP contribution in [0.2, 0.25) is 0 Å². The van der Waals surface area contributed by atoms with E-state index in [1.165, 1.54) is 30.1 Å². The molecule has 4 aromatic rings. The molecule has 0 aliphatic carbocycles. The number of aliphatic carboxylic acids is 3. The number of rotatable bonds is 27. The molecule has 4 atom stereocenters. The molecule has 0 bridgehead atoms. The molecule has 8 amide bonds. The number of nitrogens with one attached hydrogen (secondary N) is 9. The third kappa shape index (κ3) is 26.3. The number of fused-ring (bicyclic) bond motifs is 1. The van der Waals surface area contributed by atoms with E-state index in [0.29, 0.717) is 33.2 Å². The van der Waals surface area contributed by atoms with E-state index in [1.54, 1.807) is 39.0 Å². The van der Waals surface area contributed by atoms with E-state index < -0.39 is 84.1 Å². The number of hydrogen-bond donors (Lipinski definition) is 14. The highest BCUT2D eigenvalue weighted by Crippen LogP contribution is 2.23. The van der Waals surface area contributed by atoms with E-state index in [-0.39, 0.29) is 172 Å². The summed E-state index contributed by atoms with van der Waals surface area (Å²) in [5.41, 5.74) is 7.43. The number of carboxylic acid groups (broad SMARTS) is 3. The third-order valence-corrected chi connectivity index (χ3v) is 16.9. The molecule has 30 nitrogen and oxygen atoms in total. The number of amides is 8. The Labute approximate surface area is 563 Å². The molecule has 31 heteroatoms. The van der Waals surface area contributed by atoms with E-state index in [9.17, 15) is 73.2 Å². The predicted molar refractivity (Wildman–Crippen MR) is 359 cm³/mol. The predicted octanol–water partition coefficient (Wildman–Crippen LogP) is -0.480. The molecule has 0 radical (unpaired) electrons. The Bertz CT molecular complexity index is 3330. The molecule has 15 N–H and O–H groups in total. The zero-order valence-electron chi connectivity index (χ0n) is 53.0. The molecule has 6 rings (SSSR count). The molecule has 2 aliphatic rings. The lowest BCUT2D eigenvalue weighted by atomic mass is 10.00. The number of nitrogens with zero attached hydrogens (tertiary/aromatic N) is 5. The molecule has 0 unspecified atom stereocenters. The highest BCUT2D eigenvalue weighted by molar-refractivity contribution is 14.1. The van der Waals surface area contributed by atoms with E-state index in [1.807, 2.05) is 70.0 Å². The fourth-order valence-electron chi connectivity index (χ4n) is 10.9. The lowest BCUT2D eigenvalue weighted by Gasteiger charge is -2.32. The van der Waals surface area contributed by atoms with Gasteiger partial charge in [-0.1, -0.05) is 48.5 Å². The zero-order valence-corrected chi connectivity index (χ0v) is 55.2. The number of aromatic hydroxyl groups is 1. The van der Waals surface area contributed by atoms with Crippen LogP contribution in [0.5, 0.6) is 5.75 Å². The van der Waals surface area contributed by atoms with E-state index >= 15 is 0 Å². The van der Waals surface area contributed by atoms with Gasteiger partial charge in [-0.25, -0.2) is 0 Å². The second kappa shape index (κ2) is 38.3. The van der Waals surface area contributed by atoms with Gasteiger partial charge in [-0.2, -0.15) is 0 Å². The number of unbranched alkanes of at least 4 members (excludes halogenated alkanes) is 1. The average Bonchev–Trinajstić information content (AvgIpc) is 1.62. The summed E-state index contributed by atoms with van der Waals surface area (Å²) < 4.78 is 0.477. The van der Waals surface area contributed by atoms with Crippen molar-refractivity contribution in [1.82, 2.24) is 61.7 Å². The van der Waals surface area contributed by atoms with Gasteiger partial charge < -0.3 is 73.6 Å². The Morgan fingerprint density at radius 2 is 1.12 bits per heavy atom. The molecule has 2 fully saturated rings. The van der Waals surface area contributed by atoms with Gasteiger partial charge in [-0.3, -0.25) is 77.7 Å². The molecule has 2 heterocycles. The van der Waals surface area contributed by atoms with Crippen LogP contribution in [0.3, 0.4) is 0 Å². The first-order chi connectivity index (χ1) is 45.4. The van der Waals surface area contributed by atoms with Gasteiger partial charge in [0.05, 0.1) is 36.3 Å².